The number of ether oxygens (including phenoxy) is 1. The second-order valence-electron chi connectivity index (χ2n) is 7.98. The van der Waals surface area contributed by atoms with E-state index in [1.54, 1.807) is 30.3 Å². The Hall–Kier alpha value is -0.910. The van der Waals surface area contributed by atoms with Crippen molar-refractivity contribution in [3.63, 3.8) is 0 Å². The minimum Gasteiger partial charge on any atom is -0.376 e. The Morgan fingerprint density at radius 3 is 2.73 bits per heavy atom. The number of aliphatic imine (C=N–C) groups is 1. The Morgan fingerprint density at radius 1 is 1.30 bits per heavy atom. The van der Waals surface area contributed by atoms with Crippen molar-refractivity contribution in [1.82, 2.24) is 20.4 Å². The predicted molar refractivity (Wildman–Crippen MR) is 134 cm³/mol. The van der Waals surface area contributed by atoms with Gasteiger partial charge in [0.2, 0.25) is 5.91 Å². The van der Waals surface area contributed by atoms with Crippen LogP contribution >= 0.6 is 35.3 Å². The van der Waals surface area contributed by atoms with Gasteiger partial charge < -0.3 is 20.3 Å². The zero-order valence-electron chi connectivity index (χ0n) is 18.1. The Morgan fingerprint density at radius 2 is 2.10 bits per heavy atom. The van der Waals surface area contributed by atoms with Crippen molar-refractivity contribution >= 4 is 47.2 Å². The number of nitrogens with zero attached hydrogens (tertiary/aromatic N) is 3. The van der Waals surface area contributed by atoms with Crippen LogP contribution in [0.3, 0.4) is 0 Å². The van der Waals surface area contributed by atoms with Crippen molar-refractivity contribution in [2.75, 3.05) is 53.4 Å². The maximum atomic E-state index is 12.0. The smallest absolute Gasteiger partial charge is 0.243 e. The van der Waals surface area contributed by atoms with E-state index in [4.69, 9.17) is 4.74 Å². The minimum absolute atomic E-state index is 0. The van der Waals surface area contributed by atoms with Crippen LogP contribution in [0.4, 0.5) is 0 Å². The summed E-state index contributed by atoms with van der Waals surface area (Å²) < 4.78 is 5.83. The van der Waals surface area contributed by atoms with Crippen LogP contribution in [0.2, 0.25) is 0 Å². The van der Waals surface area contributed by atoms with Gasteiger partial charge in [-0.05, 0) is 56.6 Å². The number of hydrogen-bond donors (Lipinski definition) is 2. The summed E-state index contributed by atoms with van der Waals surface area (Å²) in [5, 5.41) is 9.04. The first-order valence-electron chi connectivity index (χ1n) is 10.7. The van der Waals surface area contributed by atoms with Gasteiger partial charge in [0.05, 0.1) is 12.1 Å². The van der Waals surface area contributed by atoms with Gasteiger partial charge in [-0.1, -0.05) is 6.07 Å². The third kappa shape index (κ3) is 7.97. The van der Waals surface area contributed by atoms with E-state index >= 15 is 0 Å². The maximum absolute atomic E-state index is 12.0. The van der Waals surface area contributed by atoms with Gasteiger partial charge in [-0.2, -0.15) is 0 Å². The molecule has 0 radical (unpaired) electrons. The van der Waals surface area contributed by atoms with Crippen LogP contribution in [-0.4, -0.2) is 81.2 Å². The highest BCUT2D eigenvalue weighted by atomic mass is 127. The average Bonchev–Trinajstić information content (AvgIpc) is 3.45. The lowest BCUT2D eigenvalue weighted by Gasteiger charge is -2.28. The van der Waals surface area contributed by atoms with Crippen LogP contribution in [0.25, 0.3) is 0 Å². The van der Waals surface area contributed by atoms with Gasteiger partial charge in [0.15, 0.2) is 5.96 Å². The molecule has 0 bridgehead atoms. The molecule has 1 aromatic rings. The zero-order valence-corrected chi connectivity index (χ0v) is 21.3. The molecule has 1 aromatic heterocycles. The second kappa shape index (κ2) is 13.5. The zero-order chi connectivity index (χ0) is 20.5. The molecule has 2 aliphatic rings. The molecule has 0 spiro atoms. The highest BCUT2D eigenvalue weighted by Gasteiger charge is 2.24. The molecule has 2 saturated heterocycles. The number of nitrogens with one attached hydrogen (secondary N) is 2. The summed E-state index contributed by atoms with van der Waals surface area (Å²) in [6.45, 7) is 4.74. The number of carbonyl (C=O) groups is 1. The van der Waals surface area contributed by atoms with E-state index in [0.29, 0.717) is 12.0 Å². The molecule has 3 heterocycles. The second-order valence-corrected chi connectivity index (χ2v) is 8.96. The van der Waals surface area contributed by atoms with Gasteiger partial charge in [-0.15, -0.1) is 35.3 Å². The summed E-state index contributed by atoms with van der Waals surface area (Å²) in [6, 6.07) is 4.66. The highest BCUT2D eigenvalue weighted by Crippen LogP contribution is 2.27. The van der Waals surface area contributed by atoms with Crippen molar-refractivity contribution in [2.45, 2.75) is 44.2 Å². The summed E-state index contributed by atoms with van der Waals surface area (Å²) in [7, 11) is 3.52. The SMILES string of the molecule is CN(C)C(=O)CN=C(NCC1CCCCO1)NCC(c1cccs1)N1CCCC1.I. The summed E-state index contributed by atoms with van der Waals surface area (Å²) in [6.07, 6.45) is 6.16. The number of thiophene rings is 1. The standard InChI is InChI=1S/C21H35N5O2S.HI/c1-25(2)20(27)16-24-21(22-14-17-8-3-6-12-28-17)23-15-18(19-9-7-13-29-19)26-10-4-5-11-26;/h7,9,13,17-18H,3-6,8,10-12,14-16H2,1-2H3,(H2,22,23,24);1H. The van der Waals surface area contributed by atoms with Gasteiger partial charge >= 0.3 is 0 Å². The summed E-state index contributed by atoms with van der Waals surface area (Å²) in [5.74, 6) is 0.685. The van der Waals surface area contributed by atoms with Crippen molar-refractivity contribution < 1.29 is 9.53 Å². The number of likely N-dealkylation sites (N-methyl/N-ethyl adjacent to an activating group) is 1. The molecule has 0 saturated carbocycles. The fourth-order valence-electron chi connectivity index (χ4n) is 3.78. The van der Waals surface area contributed by atoms with Crippen LogP contribution in [0.5, 0.6) is 0 Å². The third-order valence-corrected chi connectivity index (χ3v) is 6.53. The van der Waals surface area contributed by atoms with Crippen LogP contribution in [-0.2, 0) is 9.53 Å². The minimum atomic E-state index is -0.00522. The summed E-state index contributed by atoms with van der Waals surface area (Å²) in [5.41, 5.74) is 0. The van der Waals surface area contributed by atoms with Crippen LogP contribution < -0.4 is 10.6 Å². The molecule has 9 heteroatoms. The van der Waals surface area contributed by atoms with E-state index in [1.165, 1.54) is 24.1 Å². The Balaban J connectivity index is 0.00000320. The fourth-order valence-corrected chi connectivity index (χ4v) is 4.64. The molecule has 2 unspecified atom stereocenters. The molecular weight excluding hydrogens is 513 g/mol. The van der Waals surface area contributed by atoms with Crippen molar-refractivity contribution in [3.8, 4) is 0 Å². The Labute approximate surface area is 201 Å². The lowest BCUT2D eigenvalue weighted by atomic mass is 10.1. The molecule has 170 valence electrons. The van der Waals surface area contributed by atoms with Gasteiger partial charge in [0.1, 0.15) is 6.54 Å². The number of guanidine groups is 1. The number of likely N-dealkylation sites (tertiary alicyclic amines) is 1. The molecule has 3 rings (SSSR count). The molecule has 7 nitrogen and oxygen atoms in total. The van der Waals surface area contributed by atoms with Crippen LogP contribution in [0.1, 0.15) is 43.0 Å². The molecule has 0 aromatic carbocycles. The van der Waals surface area contributed by atoms with E-state index in [9.17, 15) is 4.79 Å². The first-order chi connectivity index (χ1) is 14.1. The molecule has 2 aliphatic heterocycles. The third-order valence-electron chi connectivity index (χ3n) is 5.56. The summed E-state index contributed by atoms with van der Waals surface area (Å²) >= 11 is 1.81. The first kappa shape index (κ1) is 25.4. The number of amides is 1. The average molecular weight is 550 g/mol. The summed E-state index contributed by atoms with van der Waals surface area (Å²) in [4.78, 5) is 22.1. The molecule has 30 heavy (non-hydrogen) atoms. The Kier molecular flexibility index (Phi) is 11.4. The van der Waals surface area contributed by atoms with E-state index in [1.807, 2.05) is 0 Å². The molecular formula is C21H36IN5O2S. The highest BCUT2D eigenvalue weighted by molar-refractivity contribution is 14.0. The van der Waals surface area contributed by atoms with E-state index in [-0.39, 0.29) is 42.5 Å². The molecule has 2 fully saturated rings. The fraction of sp³-hybridized carbons (Fsp3) is 0.714. The molecule has 0 aliphatic carbocycles. The van der Waals surface area contributed by atoms with Crippen molar-refractivity contribution in [2.24, 2.45) is 4.99 Å². The van der Waals surface area contributed by atoms with Gasteiger partial charge in [-0.25, -0.2) is 4.99 Å². The molecule has 2 atom stereocenters. The quantitative estimate of drug-likeness (QED) is 0.297. The number of rotatable bonds is 8. The van der Waals surface area contributed by atoms with E-state index < -0.39 is 0 Å². The largest absolute Gasteiger partial charge is 0.376 e. The molecule has 2 N–H and O–H groups in total. The normalized spacial score (nSPS) is 21.0. The van der Waals surface area contributed by atoms with E-state index in [0.717, 1.165) is 45.6 Å². The van der Waals surface area contributed by atoms with Gasteiger partial charge in [-0.3, -0.25) is 9.69 Å². The van der Waals surface area contributed by atoms with Gasteiger partial charge in [0.25, 0.3) is 0 Å². The molecule has 1 amide bonds. The predicted octanol–water partition coefficient (Wildman–Crippen LogP) is 2.70. The number of halogens is 1. The van der Waals surface area contributed by atoms with Crippen LogP contribution in [0.15, 0.2) is 22.5 Å². The van der Waals surface area contributed by atoms with Crippen molar-refractivity contribution in [3.05, 3.63) is 22.4 Å². The monoisotopic (exact) mass is 549 g/mol. The van der Waals surface area contributed by atoms with E-state index in [2.05, 4.69) is 38.0 Å². The van der Waals surface area contributed by atoms with Crippen LogP contribution in [0, 0.1) is 0 Å². The lowest BCUT2D eigenvalue weighted by molar-refractivity contribution is -0.127. The lowest BCUT2D eigenvalue weighted by Crippen LogP contribution is -2.46. The number of hydrogen-bond acceptors (Lipinski definition) is 5. The number of carbonyl (C=O) groups excluding carboxylic acids is 1. The maximum Gasteiger partial charge on any atom is 0.243 e. The Bertz CT molecular complexity index is 644. The van der Waals surface area contributed by atoms with Crippen molar-refractivity contribution in [1.29, 1.82) is 0 Å². The first-order valence-corrected chi connectivity index (χ1v) is 11.6. The topological polar surface area (TPSA) is 69.2 Å². The van der Waals surface area contributed by atoms with Gasteiger partial charge in [0, 0.05) is 38.7 Å².